The molecule has 0 amide bonds. The Morgan fingerprint density at radius 1 is 1.14 bits per heavy atom. The van der Waals surface area contributed by atoms with Crippen LogP contribution in [0.15, 0.2) is 66.9 Å². The Hall–Kier alpha value is -3.80. The van der Waals surface area contributed by atoms with Crippen LogP contribution in [-0.2, 0) is 16.6 Å². The van der Waals surface area contributed by atoms with Crippen LogP contribution in [0.25, 0.3) is 12.3 Å². The standard InChI is InChI=1S/C22H17N3O3/c26-14-6-13-25-18-15-22(16-7-2-1-3-8-16,19-9-4-5-12-23-19)11-10-17(18)20(24-25)21(27)28/h1-14H,15H2,(H,27,28). The Labute approximate surface area is 161 Å². The molecule has 1 atom stereocenters. The fourth-order valence-electron chi connectivity index (χ4n) is 3.66. The van der Waals surface area contributed by atoms with Crippen molar-refractivity contribution < 1.29 is 14.7 Å². The number of hydrogen-bond donors (Lipinski definition) is 1. The van der Waals surface area contributed by atoms with E-state index in [1.165, 1.54) is 17.0 Å². The normalized spacial score (nSPS) is 18.1. The van der Waals surface area contributed by atoms with Crippen LogP contribution in [0.3, 0.4) is 0 Å². The Morgan fingerprint density at radius 2 is 1.93 bits per heavy atom. The molecule has 1 unspecified atom stereocenters. The molecule has 1 aliphatic rings. The monoisotopic (exact) mass is 371 g/mol. The largest absolute Gasteiger partial charge is 0.476 e. The van der Waals surface area contributed by atoms with E-state index in [4.69, 9.17) is 0 Å². The smallest absolute Gasteiger partial charge is 0.357 e. The number of allylic oxidation sites excluding steroid dienone is 2. The third-order valence-electron chi connectivity index (χ3n) is 4.95. The minimum atomic E-state index is -1.11. The van der Waals surface area contributed by atoms with Crippen LogP contribution in [0.4, 0.5) is 0 Å². The van der Waals surface area contributed by atoms with Gasteiger partial charge in [-0.05, 0) is 23.8 Å². The van der Waals surface area contributed by atoms with Gasteiger partial charge in [-0.25, -0.2) is 9.48 Å². The lowest BCUT2D eigenvalue weighted by molar-refractivity contribution is -0.104. The summed E-state index contributed by atoms with van der Waals surface area (Å²) in [6, 6.07) is 15.7. The first-order valence-electron chi connectivity index (χ1n) is 8.78. The summed E-state index contributed by atoms with van der Waals surface area (Å²) in [5, 5.41) is 13.7. The predicted octanol–water partition coefficient (Wildman–Crippen LogP) is 3.20. The van der Waals surface area contributed by atoms with Crippen molar-refractivity contribution in [3.63, 3.8) is 0 Å². The maximum atomic E-state index is 11.6. The van der Waals surface area contributed by atoms with Gasteiger partial charge in [0.05, 0.1) is 16.8 Å². The van der Waals surface area contributed by atoms with Crippen molar-refractivity contribution in [3.05, 3.63) is 95.1 Å². The molecule has 2 aromatic heterocycles. The number of fused-ring (bicyclic) bond motifs is 1. The Kier molecular flexibility index (Phi) is 4.45. The number of rotatable bonds is 5. The highest BCUT2D eigenvalue weighted by Crippen LogP contribution is 2.41. The van der Waals surface area contributed by atoms with Crippen molar-refractivity contribution in [2.45, 2.75) is 11.8 Å². The lowest BCUT2D eigenvalue weighted by Crippen LogP contribution is -2.32. The van der Waals surface area contributed by atoms with E-state index in [9.17, 15) is 14.7 Å². The van der Waals surface area contributed by atoms with Gasteiger partial charge in [0.2, 0.25) is 0 Å². The van der Waals surface area contributed by atoms with Gasteiger partial charge in [-0.15, -0.1) is 0 Å². The first kappa shape index (κ1) is 17.6. The second kappa shape index (κ2) is 7.08. The van der Waals surface area contributed by atoms with Gasteiger partial charge in [-0.2, -0.15) is 5.10 Å². The number of aromatic nitrogens is 3. The molecule has 0 bridgehead atoms. The van der Waals surface area contributed by atoms with Crippen molar-refractivity contribution >= 4 is 24.5 Å². The molecule has 0 aliphatic heterocycles. The fourth-order valence-corrected chi connectivity index (χ4v) is 3.66. The molecule has 28 heavy (non-hydrogen) atoms. The number of hydrogen-bond acceptors (Lipinski definition) is 4. The lowest BCUT2D eigenvalue weighted by Gasteiger charge is -2.33. The summed E-state index contributed by atoms with van der Waals surface area (Å²) in [7, 11) is 0. The second-order valence-electron chi connectivity index (χ2n) is 6.50. The summed E-state index contributed by atoms with van der Waals surface area (Å²) in [5.41, 5.74) is 2.55. The van der Waals surface area contributed by atoms with E-state index in [2.05, 4.69) is 10.1 Å². The van der Waals surface area contributed by atoms with Crippen LogP contribution in [0.1, 0.15) is 33.0 Å². The highest BCUT2D eigenvalue weighted by Gasteiger charge is 2.39. The molecule has 0 saturated carbocycles. The molecule has 138 valence electrons. The molecular formula is C22H17N3O3. The van der Waals surface area contributed by atoms with Crippen molar-refractivity contribution in [2.75, 3.05) is 0 Å². The number of carboxylic acids is 1. The van der Waals surface area contributed by atoms with E-state index in [-0.39, 0.29) is 5.69 Å². The van der Waals surface area contributed by atoms with Crippen molar-refractivity contribution in [1.29, 1.82) is 0 Å². The molecule has 6 nitrogen and oxygen atoms in total. The minimum absolute atomic E-state index is 0.0375. The van der Waals surface area contributed by atoms with Gasteiger partial charge >= 0.3 is 5.97 Å². The van der Waals surface area contributed by atoms with E-state index in [1.54, 1.807) is 12.3 Å². The number of carbonyl (C=O) groups excluding carboxylic acids is 1. The molecule has 0 radical (unpaired) electrons. The molecule has 0 saturated heterocycles. The third-order valence-corrected chi connectivity index (χ3v) is 4.95. The van der Waals surface area contributed by atoms with E-state index >= 15 is 0 Å². The summed E-state index contributed by atoms with van der Waals surface area (Å²) >= 11 is 0. The first-order chi connectivity index (χ1) is 13.7. The second-order valence-corrected chi connectivity index (χ2v) is 6.50. The van der Waals surface area contributed by atoms with Crippen LogP contribution in [0, 0.1) is 0 Å². The zero-order chi connectivity index (χ0) is 19.6. The van der Waals surface area contributed by atoms with Crippen LogP contribution >= 0.6 is 0 Å². The number of carboxylic acid groups (broad SMARTS) is 1. The molecular weight excluding hydrogens is 354 g/mol. The van der Waals surface area contributed by atoms with Gasteiger partial charge in [0.1, 0.15) is 6.29 Å². The summed E-state index contributed by atoms with van der Waals surface area (Å²) in [6.45, 7) is 0. The minimum Gasteiger partial charge on any atom is -0.476 e. The number of aromatic carboxylic acids is 1. The molecule has 6 heteroatoms. The number of aldehydes is 1. The third kappa shape index (κ3) is 2.85. The van der Waals surface area contributed by atoms with Crippen LogP contribution < -0.4 is 0 Å². The van der Waals surface area contributed by atoms with Crippen LogP contribution in [0.2, 0.25) is 0 Å². The summed E-state index contributed by atoms with van der Waals surface area (Å²) in [5.74, 6) is -1.11. The van der Waals surface area contributed by atoms with Crippen molar-refractivity contribution in [2.24, 2.45) is 0 Å². The Morgan fingerprint density at radius 3 is 2.61 bits per heavy atom. The number of carbonyl (C=O) groups is 2. The predicted molar refractivity (Wildman–Crippen MR) is 105 cm³/mol. The lowest BCUT2D eigenvalue weighted by atomic mass is 9.70. The zero-order valence-electron chi connectivity index (χ0n) is 14.9. The molecule has 3 aromatic rings. The van der Waals surface area contributed by atoms with Gasteiger partial charge in [0.25, 0.3) is 0 Å². The highest BCUT2D eigenvalue weighted by atomic mass is 16.4. The molecule has 1 aliphatic carbocycles. The Balaban J connectivity index is 1.95. The van der Waals surface area contributed by atoms with Gasteiger partial charge in [-0.1, -0.05) is 48.6 Å². The SMILES string of the molecule is O=CC=Cn1nc(C(=O)O)c2c1CC(c1ccccc1)(c1ccccn1)C=C2. The van der Waals surface area contributed by atoms with Gasteiger partial charge < -0.3 is 5.11 Å². The molecule has 0 spiro atoms. The molecule has 0 fully saturated rings. The summed E-state index contributed by atoms with van der Waals surface area (Å²) < 4.78 is 1.47. The number of nitrogens with zero attached hydrogens (tertiary/aromatic N) is 3. The van der Waals surface area contributed by atoms with E-state index in [0.717, 1.165) is 11.3 Å². The van der Waals surface area contributed by atoms with E-state index in [0.29, 0.717) is 24.0 Å². The highest BCUT2D eigenvalue weighted by molar-refractivity contribution is 5.91. The van der Waals surface area contributed by atoms with Crippen molar-refractivity contribution in [3.8, 4) is 0 Å². The average molecular weight is 371 g/mol. The van der Waals surface area contributed by atoms with E-state index in [1.807, 2.05) is 54.6 Å². The van der Waals surface area contributed by atoms with Crippen molar-refractivity contribution in [1.82, 2.24) is 14.8 Å². The Bertz CT molecular complexity index is 1040. The fraction of sp³-hybridized carbons (Fsp3) is 0.0909. The zero-order valence-corrected chi connectivity index (χ0v) is 14.9. The summed E-state index contributed by atoms with van der Waals surface area (Å²) in [6.07, 6.45) is 9.40. The quantitative estimate of drug-likeness (QED) is 0.550. The number of benzene rings is 1. The van der Waals surface area contributed by atoms with Gasteiger partial charge in [0, 0.05) is 24.4 Å². The molecule has 1 N–H and O–H groups in total. The topological polar surface area (TPSA) is 85.1 Å². The molecule has 4 rings (SSSR count). The number of pyridine rings is 1. The van der Waals surface area contributed by atoms with E-state index < -0.39 is 11.4 Å². The van der Waals surface area contributed by atoms with Crippen LogP contribution in [-0.4, -0.2) is 32.1 Å². The first-order valence-corrected chi connectivity index (χ1v) is 8.78. The summed E-state index contributed by atoms with van der Waals surface area (Å²) in [4.78, 5) is 27.0. The van der Waals surface area contributed by atoms with Gasteiger partial charge in [0.15, 0.2) is 5.69 Å². The van der Waals surface area contributed by atoms with Gasteiger partial charge in [-0.3, -0.25) is 9.78 Å². The molecule has 2 heterocycles. The average Bonchev–Trinajstić information content (AvgIpc) is 3.11. The maximum Gasteiger partial charge on any atom is 0.357 e. The van der Waals surface area contributed by atoms with Crippen LogP contribution in [0.5, 0.6) is 0 Å². The molecule has 1 aromatic carbocycles. The maximum absolute atomic E-state index is 11.6.